The molecule has 0 spiro atoms. The van der Waals surface area contributed by atoms with Crippen LogP contribution in [0.5, 0.6) is 0 Å². The van der Waals surface area contributed by atoms with E-state index >= 15 is 0 Å². The van der Waals surface area contributed by atoms with Gasteiger partial charge in [-0.15, -0.1) is 6.58 Å². The molecule has 0 fully saturated rings. The van der Waals surface area contributed by atoms with Crippen LogP contribution in [0.3, 0.4) is 0 Å². The summed E-state index contributed by atoms with van der Waals surface area (Å²) in [7, 11) is 0. The monoisotopic (exact) mass is 257 g/mol. The number of rotatable bonds is 6. The van der Waals surface area contributed by atoms with E-state index in [0.717, 1.165) is 5.56 Å². The van der Waals surface area contributed by atoms with Crippen LogP contribution in [-0.4, -0.2) is 18.9 Å². The molecular weight excluding hydrogens is 245 g/mol. The molecule has 1 N–H and O–H groups in total. The van der Waals surface area contributed by atoms with Gasteiger partial charge in [0.1, 0.15) is 0 Å². The Morgan fingerprint density at radius 1 is 1.44 bits per heavy atom. The van der Waals surface area contributed by atoms with Gasteiger partial charge in [-0.3, -0.25) is 4.79 Å². The van der Waals surface area contributed by atoms with Crippen LogP contribution in [-0.2, 0) is 11.2 Å². The van der Waals surface area contributed by atoms with E-state index in [1.807, 2.05) is 0 Å². The number of carbonyl (C=O) groups is 1. The van der Waals surface area contributed by atoms with Gasteiger partial charge in [0, 0.05) is 23.0 Å². The molecule has 1 aromatic rings. The minimum absolute atomic E-state index is 0.0890. The lowest BCUT2D eigenvalue weighted by Crippen LogP contribution is -2.24. The number of halogens is 2. The molecule has 0 amide bonds. The fourth-order valence-electron chi connectivity index (χ4n) is 1.25. The molecule has 0 unspecified atom stereocenters. The molecule has 0 bridgehead atoms. The van der Waals surface area contributed by atoms with Gasteiger partial charge in [0.15, 0.2) is 5.78 Å². The lowest BCUT2D eigenvalue weighted by atomic mass is 10.1. The van der Waals surface area contributed by atoms with Crippen LogP contribution in [0.15, 0.2) is 30.9 Å². The molecule has 0 heterocycles. The molecule has 0 saturated carbocycles. The standard InChI is InChI=1S/C12H13Cl2NO/c1-2-5-15-8-11(16)6-9-3-4-10(13)7-12(9)14/h2-4,7,15H,1,5-6,8H2. The summed E-state index contributed by atoms with van der Waals surface area (Å²) >= 11 is 11.7. The van der Waals surface area contributed by atoms with Gasteiger partial charge >= 0.3 is 0 Å². The molecule has 0 atom stereocenters. The highest BCUT2D eigenvalue weighted by Gasteiger charge is 2.06. The van der Waals surface area contributed by atoms with Crippen LogP contribution in [0.1, 0.15) is 5.56 Å². The third-order valence-electron chi connectivity index (χ3n) is 2.01. The Balaban J connectivity index is 2.52. The molecule has 0 aromatic heterocycles. The van der Waals surface area contributed by atoms with Crippen molar-refractivity contribution >= 4 is 29.0 Å². The number of nitrogens with one attached hydrogen (secondary N) is 1. The summed E-state index contributed by atoms with van der Waals surface area (Å²) in [5.74, 6) is 0.0890. The van der Waals surface area contributed by atoms with Crippen molar-refractivity contribution < 1.29 is 4.79 Å². The van der Waals surface area contributed by atoms with E-state index in [9.17, 15) is 4.79 Å². The Bertz CT molecular complexity index is 391. The normalized spacial score (nSPS) is 10.1. The molecule has 4 heteroatoms. The van der Waals surface area contributed by atoms with Crippen molar-refractivity contribution in [1.82, 2.24) is 5.32 Å². The summed E-state index contributed by atoms with van der Waals surface area (Å²) in [5, 5.41) is 4.06. The first-order valence-electron chi connectivity index (χ1n) is 4.90. The van der Waals surface area contributed by atoms with Gasteiger partial charge in [0.05, 0.1) is 6.54 Å². The van der Waals surface area contributed by atoms with Gasteiger partial charge in [0.25, 0.3) is 0 Å². The Hall–Kier alpha value is -0.830. The van der Waals surface area contributed by atoms with Crippen LogP contribution in [0, 0.1) is 0 Å². The number of ketones is 1. The third-order valence-corrected chi connectivity index (χ3v) is 2.60. The summed E-state index contributed by atoms with van der Waals surface area (Å²) < 4.78 is 0. The number of carbonyl (C=O) groups excluding carboxylic acids is 1. The highest BCUT2D eigenvalue weighted by molar-refractivity contribution is 6.35. The van der Waals surface area contributed by atoms with Gasteiger partial charge in [-0.05, 0) is 17.7 Å². The Labute approximate surface area is 105 Å². The molecular formula is C12H13Cl2NO. The van der Waals surface area contributed by atoms with E-state index in [2.05, 4.69) is 11.9 Å². The average molecular weight is 258 g/mol. The molecule has 1 aromatic carbocycles. The molecule has 0 aliphatic heterocycles. The SMILES string of the molecule is C=CCNCC(=O)Cc1ccc(Cl)cc1Cl. The number of hydrogen-bond acceptors (Lipinski definition) is 2. The second-order valence-electron chi connectivity index (χ2n) is 3.37. The van der Waals surface area contributed by atoms with Gasteiger partial charge in [-0.1, -0.05) is 35.3 Å². The van der Waals surface area contributed by atoms with Crippen LogP contribution in [0.4, 0.5) is 0 Å². The molecule has 2 nitrogen and oxygen atoms in total. The number of Topliss-reactive ketones (excluding diaryl/α,β-unsaturated/α-hetero) is 1. The van der Waals surface area contributed by atoms with Gasteiger partial charge in [-0.2, -0.15) is 0 Å². The molecule has 0 aliphatic rings. The second-order valence-corrected chi connectivity index (χ2v) is 4.21. The van der Waals surface area contributed by atoms with Crippen LogP contribution in [0.25, 0.3) is 0 Å². The third kappa shape index (κ3) is 4.35. The minimum atomic E-state index is 0.0890. The summed E-state index contributed by atoms with van der Waals surface area (Å²) in [6.07, 6.45) is 2.03. The summed E-state index contributed by atoms with van der Waals surface area (Å²) in [6, 6.07) is 5.15. The van der Waals surface area contributed by atoms with Gasteiger partial charge in [-0.25, -0.2) is 0 Å². The predicted molar refractivity (Wildman–Crippen MR) is 68.2 cm³/mol. The van der Waals surface area contributed by atoms with Crippen molar-refractivity contribution in [3.63, 3.8) is 0 Å². The van der Waals surface area contributed by atoms with E-state index < -0.39 is 0 Å². The minimum Gasteiger partial charge on any atom is -0.307 e. The van der Waals surface area contributed by atoms with Gasteiger partial charge in [0.2, 0.25) is 0 Å². The van der Waals surface area contributed by atoms with E-state index in [0.29, 0.717) is 29.6 Å². The quantitative estimate of drug-likeness (QED) is 0.628. The molecule has 16 heavy (non-hydrogen) atoms. The molecule has 86 valence electrons. The zero-order chi connectivity index (χ0) is 12.0. The zero-order valence-electron chi connectivity index (χ0n) is 8.80. The predicted octanol–water partition coefficient (Wildman–Crippen LogP) is 2.88. The van der Waals surface area contributed by atoms with Crippen molar-refractivity contribution in [2.45, 2.75) is 6.42 Å². The van der Waals surface area contributed by atoms with Crippen molar-refractivity contribution in [1.29, 1.82) is 0 Å². The highest BCUT2D eigenvalue weighted by atomic mass is 35.5. The first kappa shape index (κ1) is 13.2. The maximum atomic E-state index is 11.5. The van der Waals surface area contributed by atoms with E-state index in [1.165, 1.54) is 0 Å². The Morgan fingerprint density at radius 2 is 2.19 bits per heavy atom. The topological polar surface area (TPSA) is 29.1 Å². The first-order valence-corrected chi connectivity index (χ1v) is 5.66. The molecule has 0 aliphatic carbocycles. The molecule has 0 saturated heterocycles. The van der Waals surface area contributed by atoms with Crippen LogP contribution in [0.2, 0.25) is 10.0 Å². The van der Waals surface area contributed by atoms with Crippen LogP contribution < -0.4 is 5.32 Å². The van der Waals surface area contributed by atoms with Crippen LogP contribution >= 0.6 is 23.2 Å². The average Bonchev–Trinajstić information content (AvgIpc) is 2.23. The highest BCUT2D eigenvalue weighted by Crippen LogP contribution is 2.21. The van der Waals surface area contributed by atoms with Gasteiger partial charge < -0.3 is 5.32 Å². The second kappa shape index (κ2) is 6.69. The smallest absolute Gasteiger partial charge is 0.151 e. The zero-order valence-corrected chi connectivity index (χ0v) is 10.3. The number of hydrogen-bond donors (Lipinski definition) is 1. The Morgan fingerprint density at radius 3 is 2.81 bits per heavy atom. The summed E-state index contributed by atoms with van der Waals surface area (Å²) in [6.45, 7) is 4.51. The molecule has 0 radical (unpaired) electrons. The van der Waals surface area contributed by atoms with Crippen molar-refractivity contribution in [3.8, 4) is 0 Å². The lowest BCUT2D eigenvalue weighted by Gasteiger charge is -2.04. The molecule has 1 rings (SSSR count). The lowest BCUT2D eigenvalue weighted by molar-refractivity contribution is -0.117. The summed E-state index contributed by atoms with van der Waals surface area (Å²) in [5.41, 5.74) is 0.802. The first-order chi connectivity index (χ1) is 7.63. The maximum Gasteiger partial charge on any atom is 0.151 e. The maximum absolute atomic E-state index is 11.5. The number of benzene rings is 1. The van der Waals surface area contributed by atoms with Crippen molar-refractivity contribution in [3.05, 3.63) is 46.5 Å². The van der Waals surface area contributed by atoms with E-state index in [1.54, 1.807) is 24.3 Å². The van der Waals surface area contributed by atoms with Crippen molar-refractivity contribution in [2.75, 3.05) is 13.1 Å². The van der Waals surface area contributed by atoms with E-state index in [4.69, 9.17) is 23.2 Å². The fraction of sp³-hybridized carbons (Fsp3) is 0.250. The summed E-state index contributed by atoms with van der Waals surface area (Å²) in [4.78, 5) is 11.5. The Kier molecular flexibility index (Phi) is 5.53. The van der Waals surface area contributed by atoms with E-state index in [-0.39, 0.29) is 5.78 Å². The fourth-order valence-corrected chi connectivity index (χ4v) is 1.73. The van der Waals surface area contributed by atoms with Crippen molar-refractivity contribution in [2.24, 2.45) is 0 Å². The largest absolute Gasteiger partial charge is 0.307 e.